The predicted octanol–water partition coefficient (Wildman–Crippen LogP) is 2.43. The van der Waals surface area contributed by atoms with E-state index < -0.39 is 0 Å². The largest absolute Gasteiger partial charge is 0.465 e. The van der Waals surface area contributed by atoms with Crippen LogP contribution in [0.4, 0.5) is 5.13 Å². The molecule has 0 aliphatic rings. The number of nitrogens with zero attached hydrogens (tertiary/aromatic N) is 1. The molecule has 4 nitrogen and oxygen atoms in total. The van der Waals surface area contributed by atoms with Crippen LogP contribution in [0.15, 0.2) is 16.6 Å². The predicted molar refractivity (Wildman–Crippen MR) is 63.1 cm³/mol. The molecule has 0 saturated carbocycles. The summed E-state index contributed by atoms with van der Waals surface area (Å²) >= 11 is 4.68. The van der Waals surface area contributed by atoms with E-state index in [9.17, 15) is 4.79 Å². The van der Waals surface area contributed by atoms with Crippen molar-refractivity contribution in [3.8, 4) is 0 Å². The minimum atomic E-state index is -0.371. The Balaban J connectivity index is 2.66. The van der Waals surface area contributed by atoms with E-state index in [2.05, 4.69) is 25.7 Å². The first-order valence-electron chi connectivity index (χ1n) is 4.05. The Morgan fingerprint density at radius 3 is 3.00 bits per heavy atom. The number of nitrogens with two attached hydrogens (primary N) is 1. The second-order valence-corrected chi connectivity index (χ2v) is 4.77. The topological polar surface area (TPSA) is 65.2 Å². The van der Waals surface area contributed by atoms with Gasteiger partial charge in [-0.1, -0.05) is 11.3 Å². The molecular formula is C9H7BrN2O2S. The van der Waals surface area contributed by atoms with E-state index in [4.69, 9.17) is 5.73 Å². The van der Waals surface area contributed by atoms with Gasteiger partial charge in [-0.25, -0.2) is 9.78 Å². The molecule has 2 rings (SSSR count). The van der Waals surface area contributed by atoms with E-state index in [1.54, 1.807) is 12.1 Å². The summed E-state index contributed by atoms with van der Waals surface area (Å²) in [7, 11) is 1.35. The number of carbonyl (C=O) groups is 1. The monoisotopic (exact) mass is 286 g/mol. The minimum Gasteiger partial charge on any atom is -0.465 e. The normalized spacial score (nSPS) is 10.5. The molecule has 1 aromatic carbocycles. The first-order valence-corrected chi connectivity index (χ1v) is 5.66. The summed E-state index contributed by atoms with van der Waals surface area (Å²) < 4.78 is 6.25. The highest BCUT2D eigenvalue weighted by atomic mass is 79.9. The number of hydrogen-bond donors (Lipinski definition) is 1. The smallest absolute Gasteiger partial charge is 0.337 e. The van der Waals surface area contributed by atoms with Crippen LogP contribution in [0.5, 0.6) is 0 Å². The van der Waals surface area contributed by atoms with Crippen molar-refractivity contribution in [2.24, 2.45) is 0 Å². The van der Waals surface area contributed by atoms with Crippen molar-refractivity contribution in [1.29, 1.82) is 0 Å². The number of esters is 1. The van der Waals surface area contributed by atoms with Crippen LogP contribution in [-0.2, 0) is 4.74 Å². The van der Waals surface area contributed by atoms with Crippen molar-refractivity contribution in [1.82, 2.24) is 4.98 Å². The number of anilines is 1. The first-order chi connectivity index (χ1) is 7.11. The second-order valence-electron chi connectivity index (χ2n) is 2.85. The number of aromatic nitrogens is 1. The Labute approximate surface area is 98.2 Å². The lowest BCUT2D eigenvalue weighted by molar-refractivity contribution is 0.0601. The average Bonchev–Trinajstić information content (AvgIpc) is 2.58. The van der Waals surface area contributed by atoms with Gasteiger partial charge in [0.05, 0.1) is 22.9 Å². The van der Waals surface area contributed by atoms with Crippen LogP contribution >= 0.6 is 27.3 Å². The first kappa shape index (κ1) is 10.4. The molecule has 0 unspecified atom stereocenters. The number of methoxy groups -OCH3 is 1. The van der Waals surface area contributed by atoms with Gasteiger partial charge in [0.25, 0.3) is 0 Å². The third-order valence-electron chi connectivity index (χ3n) is 1.89. The maximum Gasteiger partial charge on any atom is 0.337 e. The summed E-state index contributed by atoms with van der Waals surface area (Å²) in [6.07, 6.45) is 0. The van der Waals surface area contributed by atoms with Gasteiger partial charge >= 0.3 is 5.97 Å². The van der Waals surface area contributed by atoms with Gasteiger partial charge in [0, 0.05) is 4.47 Å². The zero-order valence-corrected chi connectivity index (χ0v) is 10.2. The number of hydrogen-bond acceptors (Lipinski definition) is 5. The van der Waals surface area contributed by atoms with E-state index in [1.807, 2.05) is 0 Å². The van der Waals surface area contributed by atoms with Crippen LogP contribution in [0.1, 0.15) is 10.4 Å². The maximum absolute atomic E-state index is 11.3. The summed E-state index contributed by atoms with van der Waals surface area (Å²) in [6.45, 7) is 0. The van der Waals surface area contributed by atoms with Crippen molar-refractivity contribution >= 4 is 48.6 Å². The fraction of sp³-hybridized carbons (Fsp3) is 0.111. The standard InChI is InChI=1S/C9H7BrN2O2S/c1-14-8(13)4-2-5(10)7-6(3-4)15-9(11)12-7/h2-3H,1H3,(H2,11,12). The molecule has 0 aliphatic carbocycles. The number of benzene rings is 1. The van der Waals surface area contributed by atoms with E-state index >= 15 is 0 Å². The SMILES string of the molecule is COC(=O)c1cc(Br)c2nc(N)sc2c1. The molecule has 1 heterocycles. The highest BCUT2D eigenvalue weighted by molar-refractivity contribution is 9.10. The van der Waals surface area contributed by atoms with Gasteiger partial charge in [0.1, 0.15) is 0 Å². The number of nitrogen functional groups attached to an aromatic ring is 1. The molecular weight excluding hydrogens is 280 g/mol. The fourth-order valence-corrected chi connectivity index (χ4v) is 2.72. The summed E-state index contributed by atoms with van der Waals surface area (Å²) in [6, 6.07) is 3.40. The van der Waals surface area contributed by atoms with Gasteiger partial charge in [-0.3, -0.25) is 0 Å². The van der Waals surface area contributed by atoms with Crippen LogP contribution in [-0.4, -0.2) is 18.1 Å². The molecule has 0 amide bonds. The van der Waals surface area contributed by atoms with Crippen molar-refractivity contribution in [3.05, 3.63) is 22.2 Å². The lowest BCUT2D eigenvalue weighted by Crippen LogP contribution is -2.00. The molecule has 2 N–H and O–H groups in total. The molecule has 78 valence electrons. The van der Waals surface area contributed by atoms with Gasteiger partial charge < -0.3 is 10.5 Å². The van der Waals surface area contributed by atoms with Gasteiger partial charge in [-0.2, -0.15) is 0 Å². The second kappa shape index (κ2) is 3.79. The molecule has 6 heteroatoms. The van der Waals surface area contributed by atoms with E-state index in [1.165, 1.54) is 18.4 Å². The minimum absolute atomic E-state index is 0.371. The van der Waals surface area contributed by atoms with Crippen molar-refractivity contribution in [3.63, 3.8) is 0 Å². The molecule has 0 spiro atoms. The summed E-state index contributed by atoms with van der Waals surface area (Å²) in [5, 5.41) is 0.479. The summed E-state index contributed by atoms with van der Waals surface area (Å²) in [5.41, 5.74) is 6.84. The number of halogens is 1. The molecule has 0 atom stereocenters. The molecule has 0 bridgehead atoms. The molecule has 0 saturated heterocycles. The van der Waals surface area contributed by atoms with Crippen LogP contribution < -0.4 is 5.73 Å². The molecule has 1 aromatic heterocycles. The van der Waals surface area contributed by atoms with E-state index in [0.29, 0.717) is 10.7 Å². The van der Waals surface area contributed by atoms with Crippen LogP contribution in [0.25, 0.3) is 10.2 Å². The number of fused-ring (bicyclic) bond motifs is 1. The summed E-state index contributed by atoms with van der Waals surface area (Å²) in [4.78, 5) is 15.5. The van der Waals surface area contributed by atoms with Crippen LogP contribution in [0.3, 0.4) is 0 Å². The number of thiazole rings is 1. The van der Waals surface area contributed by atoms with Gasteiger partial charge in [-0.15, -0.1) is 0 Å². The summed E-state index contributed by atoms with van der Waals surface area (Å²) in [5.74, 6) is -0.371. The molecule has 15 heavy (non-hydrogen) atoms. The fourth-order valence-electron chi connectivity index (χ4n) is 1.24. The Morgan fingerprint density at radius 2 is 2.33 bits per heavy atom. The van der Waals surface area contributed by atoms with E-state index in [-0.39, 0.29) is 5.97 Å². The van der Waals surface area contributed by atoms with Gasteiger partial charge in [0.15, 0.2) is 5.13 Å². The zero-order chi connectivity index (χ0) is 11.0. The van der Waals surface area contributed by atoms with Crippen LogP contribution in [0, 0.1) is 0 Å². The Morgan fingerprint density at radius 1 is 1.60 bits per heavy atom. The van der Waals surface area contributed by atoms with Crippen molar-refractivity contribution < 1.29 is 9.53 Å². The molecule has 2 aromatic rings. The average molecular weight is 287 g/mol. The number of carbonyl (C=O) groups excluding carboxylic acids is 1. The Kier molecular flexibility index (Phi) is 2.62. The Hall–Kier alpha value is -1.14. The number of rotatable bonds is 1. The highest BCUT2D eigenvalue weighted by Gasteiger charge is 2.12. The van der Waals surface area contributed by atoms with Crippen LogP contribution in [0.2, 0.25) is 0 Å². The maximum atomic E-state index is 11.3. The number of ether oxygens (including phenoxy) is 1. The van der Waals surface area contributed by atoms with Crippen molar-refractivity contribution in [2.75, 3.05) is 12.8 Å². The molecule has 0 aliphatic heterocycles. The van der Waals surface area contributed by atoms with Gasteiger partial charge in [-0.05, 0) is 28.1 Å². The van der Waals surface area contributed by atoms with E-state index in [0.717, 1.165) is 14.7 Å². The lowest BCUT2D eigenvalue weighted by Gasteiger charge is -1.99. The quantitative estimate of drug-likeness (QED) is 0.818. The zero-order valence-electron chi connectivity index (χ0n) is 7.78. The Bertz CT molecular complexity index is 538. The third kappa shape index (κ3) is 1.82. The molecule has 0 radical (unpaired) electrons. The molecule has 0 fully saturated rings. The highest BCUT2D eigenvalue weighted by Crippen LogP contribution is 2.31. The lowest BCUT2D eigenvalue weighted by atomic mass is 10.2. The van der Waals surface area contributed by atoms with Gasteiger partial charge in [0.2, 0.25) is 0 Å². The van der Waals surface area contributed by atoms with Crippen molar-refractivity contribution in [2.45, 2.75) is 0 Å². The third-order valence-corrected chi connectivity index (χ3v) is 3.32.